The molecule has 1 amide bonds. The van der Waals surface area contributed by atoms with Crippen molar-refractivity contribution >= 4 is 16.8 Å². The van der Waals surface area contributed by atoms with Crippen LogP contribution in [0, 0.1) is 0 Å². The van der Waals surface area contributed by atoms with Crippen LogP contribution in [-0.4, -0.2) is 48.2 Å². The van der Waals surface area contributed by atoms with Gasteiger partial charge in [-0.2, -0.15) is 5.10 Å². The molecule has 7 nitrogen and oxygen atoms in total. The van der Waals surface area contributed by atoms with Gasteiger partial charge < -0.3 is 19.5 Å². The second kappa shape index (κ2) is 8.96. The topological polar surface area (TPSA) is 74.6 Å². The molecule has 0 bridgehead atoms. The molecule has 1 aromatic heterocycles. The summed E-state index contributed by atoms with van der Waals surface area (Å²) < 4.78 is 18.9. The third kappa shape index (κ3) is 4.68. The molecule has 1 atom stereocenters. The molecule has 1 unspecified atom stereocenters. The summed E-state index contributed by atoms with van der Waals surface area (Å²) in [5.41, 5.74) is 1.47. The van der Waals surface area contributed by atoms with Crippen LogP contribution in [0.2, 0.25) is 0 Å². The predicted molar refractivity (Wildman–Crippen MR) is 110 cm³/mol. The number of fused-ring (bicyclic) bond motifs is 2. The number of nitrogens with zero attached hydrogens (tertiary/aromatic N) is 2. The highest BCUT2D eigenvalue weighted by Crippen LogP contribution is 2.31. The van der Waals surface area contributed by atoms with Gasteiger partial charge in [-0.15, -0.1) is 0 Å². The largest absolute Gasteiger partial charge is 0.486 e. The van der Waals surface area contributed by atoms with Crippen LogP contribution in [0.1, 0.15) is 23.7 Å². The summed E-state index contributed by atoms with van der Waals surface area (Å²) in [6.07, 6.45) is 2.62. The van der Waals surface area contributed by atoms with Crippen LogP contribution < -0.4 is 14.8 Å². The molecule has 2 aromatic carbocycles. The lowest BCUT2D eigenvalue weighted by atomic mass is 10.1. The van der Waals surface area contributed by atoms with E-state index in [1.54, 1.807) is 6.07 Å². The predicted octanol–water partition coefficient (Wildman–Crippen LogP) is 3.03. The summed E-state index contributed by atoms with van der Waals surface area (Å²) in [6.45, 7) is 4.95. The molecule has 0 spiro atoms. The zero-order chi connectivity index (χ0) is 20.1. The van der Waals surface area contributed by atoms with Crippen LogP contribution in [0.15, 0.2) is 48.7 Å². The van der Waals surface area contributed by atoms with Crippen molar-refractivity contribution in [1.29, 1.82) is 0 Å². The van der Waals surface area contributed by atoms with Crippen molar-refractivity contribution in [2.45, 2.75) is 26.0 Å². The minimum Gasteiger partial charge on any atom is -0.486 e. The van der Waals surface area contributed by atoms with E-state index in [9.17, 15) is 4.79 Å². The van der Waals surface area contributed by atoms with Crippen LogP contribution in [0.25, 0.3) is 10.9 Å². The fourth-order valence-corrected chi connectivity index (χ4v) is 3.30. The lowest BCUT2D eigenvalue weighted by molar-refractivity contribution is 0.0760. The number of amides is 1. The molecule has 0 radical (unpaired) electrons. The highest BCUT2D eigenvalue weighted by molar-refractivity contribution is 5.97. The summed E-state index contributed by atoms with van der Waals surface area (Å²) in [7, 11) is 0. The number of rotatable bonds is 8. The summed E-state index contributed by atoms with van der Waals surface area (Å²) in [5.74, 6) is 1.44. The van der Waals surface area contributed by atoms with E-state index in [2.05, 4.69) is 10.4 Å². The first kappa shape index (κ1) is 19.3. The van der Waals surface area contributed by atoms with E-state index in [0.717, 1.165) is 28.8 Å². The Hall–Kier alpha value is -3.06. The van der Waals surface area contributed by atoms with E-state index < -0.39 is 0 Å². The lowest BCUT2D eigenvalue weighted by Crippen LogP contribution is -2.33. The minimum absolute atomic E-state index is 0.0863. The van der Waals surface area contributed by atoms with Gasteiger partial charge in [0.05, 0.1) is 12.1 Å². The molecular weight excluding hydrogens is 370 g/mol. The number of ether oxygens (including phenoxy) is 3. The number of carbonyl (C=O) groups is 1. The standard InChI is InChI=1S/C22H25N3O4/c1-2-27-11-5-10-23-22(26)16-8-9-19-17(12-16)13-25(24-19)14-18-15-28-20-6-3-4-7-21(20)29-18/h3-4,6-9,12-13,18H,2,5,10-11,14-15H2,1H3,(H,23,26). The molecule has 0 saturated carbocycles. The normalized spacial score (nSPS) is 15.4. The Morgan fingerprint density at radius 1 is 1.28 bits per heavy atom. The first-order chi connectivity index (χ1) is 14.2. The fourth-order valence-electron chi connectivity index (χ4n) is 3.30. The summed E-state index contributed by atoms with van der Waals surface area (Å²) in [5, 5.41) is 8.43. The van der Waals surface area contributed by atoms with Crippen molar-refractivity contribution < 1.29 is 19.0 Å². The quantitative estimate of drug-likeness (QED) is 0.594. The Morgan fingerprint density at radius 2 is 2.14 bits per heavy atom. The molecular formula is C22H25N3O4. The van der Waals surface area contributed by atoms with Gasteiger partial charge in [0.15, 0.2) is 17.6 Å². The van der Waals surface area contributed by atoms with Gasteiger partial charge in [0.25, 0.3) is 5.91 Å². The smallest absolute Gasteiger partial charge is 0.251 e. The maximum absolute atomic E-state index is 12.3. The molecule has 0 saturated heterocycles. The number of hydrogen-bond acceptors (Lipinski definition) is 5. The Bertz CT molecular complexity index is 985. The van der Waals surface area contributed by atoms with E-state index in [-0.39, 0.29) is 12.0 Å². The third-order valence-electron chi connectivity index (χ3n) is 4.73. The maximum atomic E-state index is 12.3. The number of carbonyl (C=O) groups excluding carboxylic acids is 1. The second-order valence-corrected chi connectivity index (χ2v) is 6.93. The zero-order valence-corrected chi connectivity index (χ0v) is 16.5. The van der Waals surface area contributed by atoms with Gasteiger partial charge in [-0.3, -0.25) is 9.48 Å². The lowest BCUT2D eigenvalue weighted by Gasteiger charge is -2.26. The van der Waals surface area contributed by atoms with Gasteiger partial charge in [-0.05, 0) is 43.7 Å². The van der Waals surface area contributed by atoms with Gasteiger partial charge >= 0.3 is 0 Å². The van der Waals surface area contributed by atoms with E-state index >= 15 is 0 Å². The van der Waals surface area contributed by atoms with Crippen LogP contribution in [0.3, 0.4) is 0 Å². The van der Waals surface area contributed by atoms with Gasteiger partial charge in [-0.25, -0.2) is 0 Å². The summed E-state index contributed by atoms with van der Waals surface area (Å²) in [4.78, 5) is 12.3. The van der Waals surface area contributed by atoms with Gasteiger partial charge in [0.2, 0.25) is 0 Å². The highest BCUT2D eigenvalue weighted by atomic mass is 16.6. The van der Waals surface area contributed by atoms with Crippen molar-refractivity contribution in [3.63, 3.8) is 0 Å². The first-order valence-electron chi connectivity index (χ1n) is 9.94. The number of aromatic nitrogens is 2. The number of para-hydroxylation sites is 2. The Kier molecular flexibility index (Phi) is 5.95. The van der Waals surface area contributed by atoms with Crippen LogP contribution in [0.4, 0.5) is 0 Å². The zero-order valence-electron chi connectivity index (χ0n) is 16.5. The minimum atomic E-state index is -0.118. The van der Waals surface area contributed by atoms with Crippen molar-refractivity contribution in [2.24, 2.45) is 0 Å². The maximum Gasteiger partial charge on any atom is 0.251 e. The average Bonchev–Trinajstić information content (AvgIpc) is 3.14. The number of benzene rings is 2. The fraction of sp³-hybridized carbons (Fsp3) is 0.364. The third-order valence-corrected chi connectivity index (χ3v) is 4.73. The molecule has 4 rings (SSSR count). The summed E-state index contributed by atoms with van der Waals surface area (Å²) >= 11 is 0. The highest BCUT2D eigenvalue weighted by Gasteiger charge is 2.21. The van der Waals surface area contributed by atoms with Crippen molar-refractivity contribution in [3.05, 3.63) is 54.2 Å². The molecule has 1 aliphatic heterocycles. The Morgan fingerprint density at radius 3 is 3.00 bits per heavy atom. The van der Waals surface area contributed by atoms with Gasteiger partial charge in [-0.1, -0.05) is 12.1 Å². The first-order valence-corrected chi connectivity index (χ1v) is 9.94. The second-order valence-electron chi connectivity index (χ2n) is 6.93. The molecule has 152 valence electrons. The molecule has 0 aliphatic carbocycles. The van der Waals surface area contributed by atoms with Crippen molar-refractivity contribution in [3.8, 4) is 11.5 Å². The molecule has 7 heteroatoms. The number of nitrogens with one attached hydrogen (secondary N) is 1. The van der Waals surface area contributed by atoms with E-state index in [1.165, 1.54) is 0 Å². The summed E-state index contributed by atoms with van der Waals surface area (Å²) in [6, 6.07) is 13.2. The van der Waals surface area contributed by atoms with Gasteiger partial charge in [0.1, 0.15) is 6.61 Å². The molecule has 1 N–H and O–H groups in total. The van der Waals surface area contributed by atoms with Crippen molar-refractivity contribution in [2.75, 3.05) is 26.4 Å². The van der Waals surface area contributed by atoms with Crippen LogP contribution >= 0.6 is 0 Å². The molecule has 1 aliphatic rings. The van der Waals surface area contributed by atoms with E-state index in [4.69, 9.17) is 14.2 Å². The van der Waals surface area contributed by atoms with Crippen LogP contribution in [0.5, 0.6) is 11.5 Å². The van der Waals surface area contributed by atoms with Crippen LogP contribution in [-0.2, 0) is 11.3 Å². The Balaban J connectivity index is 1.38. The molecule has 2 heterocycles. The van der Waals surface area contributed by atoms with Crippen molar-refractivity contribution in [1.82, 2.24) is 15.1 Å². The van der Waals surface area contributed by atoms with E-state index in [0.29, 0.717) is 38.5 Å². The molecule has 3 aromatic rings. The monoisotopic (exact) mass is 395 g/mol. The van der Waals surface area contributed by atoms with E-state index in [1.807, 2.05) is 54.2 Å². The average molecular weight is 395 g/mol. The SMILES string of the molecule is CCOCCCNC(=O)c1ccc2nn(CC3COc4ccccc4O3)cc2c1. The van der Waals surface area contributed by atoms with Gasteiger partial charge in [0, 0.05) is 36.9 Å². The Labute approximate surface area is 169 Å². The number of hydrogen-bond donors (Lipinski definition) is 1. The molecule has 0 fully saturated rings. The molecule has 29 heavy (non-hydrogen) atoms.